The molecule has 6 heteroatoms. The number of amides is 1. The molecule has 0 bridgehead atoms. The predicted molar refractivity (Wildman–Crippen MR) is 84.5 cm³/mol. The number of aromatic nitrogens is 1. The Morgan fingerprint density at radius 2 is 2.05 bits per heavy atom. The van der Waals surface area contributed by atoms with Gasteiger partial charge < -0.3 is 15.0 Å². The number of nitrogens with zero attached hydrogens (tertiary/aromatic N) is 2. The van der Waals surface area contributed by atoms with E-state index in [0.717, 1.165) is 5.82 Å². The third-order valence-corrected chi connectivity index (χ3v) is 3.13. The van der Waals surface area contributed by atoms with Gasteiger partial charge in [0.1, 0.15) is 17.3 Å². The second-order valence-corrected chi connectivity index (χ2v) is 4.99. The Bertz CT molecular complexity index is 659. The van der Waals surface area contributed by atoms with Gasteiger partial charge in [0.2, 0.25) is 0 Å². The van der Waals surface area contributed by atoms with Crippen molar-refractivity contribution in [2.45, 2.75) is 0 Å². The normalized spacial score (nSPS) is 10.1. The smallest absolute Gasteiger partial charge is 0.274 e. The summed E-state index contributed by atoms with van der Waals surface area (Å²) in [5.41, 5.74) is 0.927. The van der Waals surface area contributed by atoms with E-state index in [2.05, 4.69) is 10.3 Å². The molecule has 0 aliphatic carbocycles. The zero-order chi connectivity index (χ0) is 15.4. The van der Waals surface area contributed by atoms with Crippen molar-refractivity contribution < 1.29 is 9.53 Å². The van der Waals surface area contributed by atoms with Crippen molar-refractivity contribution in [1.29, 1.82) is 0 Å². The zero-order valence-electron chi connectivity index (χ0n) is 12.1. The first-order valence-electron chi connectivity index (χ1n) is 6.30. The maximum atomic E-state index is 12.2. The second kappa shape index (κ2) is 6.45. The van der Waals surface area contributed by atoms with Crippen LogP contribution in [0.1, 0.15) is 10.5 Å². The van der Waals surface area contributed by atoms with Crippen molar-refractivity contribution in [2.24, 2.45) is 0 Å². The summed E-state index contributed by atoms with van der Waals surface area (Å²) in [6.07, 6.45) is 0. The molecule has 1 aromatic heterocycles. The van der Waals surface area contributed by atoms with Crippen LogP contribution in [0.15, 0.2) is 36.4 Å². The largest absolute Gasteiger partial charge is 0.495 e. The van der Waals surface area contributed by atoms with Gasteiger partial charge in [-0.3, -0.25) is 4.79 Å². The monoisotopic (exact) mass is 305 g/mol. The van der Waals surface area contributed by atoms with Gasteiger partial charge in [-0.05, 0) is 30.3 Å². The molecule has 0 aliphatic rings. The maximum absolute atomic E-state index is 12.2. The fourth-order valence-corrected chi connectivity index (χ4v) is 2.00. The first-order valence-corrected chi connectivity index (χ1v) is 6.68. The summed E-state index contributed by atoms with van der Waals surface area (Å²) < 4.78 is 5.07. The highest BCUT2D eigenvalue weighted by molar-refractivity contribution is 6.32. The Labute approximate surface area is 128 Å². The molecule has 0 saturated heterocycles. The molecule has 0 atom stereocenters. The Morgan fingerprint density at radius 1 is 1.29 bits per heavy atom. The van der Waals surface area contributed by atoms with Crippen molar-refractivity contribution in [3.63, 3.8) is 0 Å². The number of carbonyl (C=O) groups excluding carboxylic acids is 1. The number of pyridine rings is 1. The van der Waals surface area contributed by atoms with Crippen LogP contribution in [0, 0.1) is 0 Å². The summed E-state index contributed by atoms with van der Waals surface area (Å²) in [5.74, 6) is 0.984. The average molecular weight is 306 g/mol. The van der Waals surface area contributed by atoms with Crippen LogP contribution in [0.25, 0.3) is 0 Å². The SMILES string of the molecule is COc1ccc(NC(=O)c2cccc(N(C)C)n2)cc1Cl. The van der Waals surface area contributed by atoms with Gasteiger partial charge in [0.15, 0.2) is 0 Å². The van der Waals surface area contributed by atoms with Crippen LogP contribution in [0.5, 0.6) is 5.75 Å². The highest BCUT2D eigenvalue weighted by Crippen LogP contribution is 2.27. The average Bonchev–Trinajstić information content (AvgIpc) is 2.47. The third kappa shape index (κ3) is 3.64. The lowest BCUT2D eigenvalue weighted by Crippen LogP contribution is -2.17. The summed E-state index contributed by atoms with van der Waals surface area (Å²) in [6.45, 7) is 0. The van der Waals surface area contributed by atoms with Crippen LogP contribution in [0.2, 0.25) is 5.02 Å². The van der Waals surface area contributed by atoms with Gasteiger partial charge in [-0.25, -0.2) is 4.98 Å². The molecule has 2 rings (SSSR count). The van der Waals surface area contributed by atoms with Gasteiger partial charge in [-0.1, -0.05) is 17.7 Å². The Balaban J connectivity index is 2.18. The summed E-state index contributed by atoms with van der Waals surface area (Å²) in [5, 5.41) is 3.19. The standard InChI is InChI=1S/C15H16ClN3O2/c1-19(2)14-6-4-5-12(18-14)15(20)17-10-7-8-13(21-3)11(16)9-10/h4-9H,1-3H3,(H,17,20). The summed E-state index contributed by atoms with van der Waals surface area (Å²) in [4.78, 5) is 18.3. The number of nitrogens with one attached hydrogen (secondary N) is 1. The first kappa shape index (κ1) is 15.1. The van der Waals surface area contributed by atoms with E-state index in [0.29, 0.717) is 22.2 Å². The minimum absolute atomic E-state index is 0.292. The fraction of sp³-hybridized carbons (Fsp3) is 0.200. The van der Waals surface area contributed by atoms with Crippen molar-refractivity contribution in [2.75, 3.05) is 31.4 Å². The van der Waals surface area contributed by atoms with Crippen molar-refractivity contribution in [3.05, 3.63) is 47.1 Å². The first-order chi connectivity index (χ1) is 10.0. The summed E-state index contributed by atoms with van der Waals surface area (Å²) >= 11 is 6.03. The van der Waals surface area contributed by atoms with Gasteiger partial charge in [-0.2, -0.15) is 0 Å². The van der Waals surface area contributed by atoms with Gasteiger partial charge in [0, 0.05) is 19.8 Å². The van der Waals surface area contributed by atoms with E-state index in [1.54, 1.807) is 30.3 Å². The molecule has 0 aliphatic heterocycles. The molecule has 0 fully saturated rings. The quantitative estimate of drug-likeness (QED) is 0.943. The molecule has 0 saturated carbocycles. The number of hydrogen-bond donors (Lipinski definition) is 1. The van der Waals surface area contributed by atoms with E-state index < -0.39 is 0 Å². The molecule has 1 heterocycles. The van der Waals surface area contributed by atoms with Gasteiger partial charge in [-0.15, -0.1) is 0 Å². The van der Waals surface area contributed by atoms with E-state index >= 15 is 0 Å². The third-order valence-electron chi connectivity index (χ3n) is 2.83. The number of halogens is 1. The van der Waals surface area contributed by atoms with Gasteiger partial charge in [0.25, 0.3) is 5.91 Å². The van der Waals surface area contributed by atoms with Crippen molar-refractivity contribution in [1.82, 2.24) is 4.98 Å². The van der Waals surface area contributed by atoms with Crippen LogP contribution >= 0.6 is 11.6 Å². The number of rotatable bonds is 4. The highest BCUT2D eigenvalue weighted by atomic mass is 35.5. The Hall–Kier alpha value is -2.27. The summed E-state index contributed by atoms with van der Waals surface area (Å²) in [7, 11) is 5.27. The van der Waals surface area contributed by atoms with E-state index in [1.165, 1.54) is 7.11 Å². The Kier molecular flexibility index (Phi) is 4.65. The molecule has 0 unspecified atom stereocenters. The maximum Gasteiger partial charge on any atom is 0.274 e. The van der Waals surface area contributed by atoms with Crippen LogP contribution in [-0.4, -0.2) is 32.1 Å². The van der Waals surface area contributed by atoms with Crippen LogP contribution in [0.3, 0.4) is 0 Å². The lowest BCUT2D eigenvalue weighted by Gasteiger charge is -2.12. The molecule has 0 spiro atoms. The van der Waals surface area contributed by atoms with Crippen molar-refractivity contribution in [3.8, 4) is 5.75 Å². The highest BCUT2D eigenvalue weighted by Gasteiger charge is 2.10. The number of carbonyl (C=O) groups is 1. The minimum atomic E-state index is -0.292. The number of methoxy groups -OCH3 is 1. The molecule has 5 nitrogen and oxygen atoms in total. The lowest BCUT2D eigenvalue weighted by atomic mass is 10.2. The number of ether oxygens (including phenoxy) is 1. The van der Waals surface area contributed by atoms with E-state index in [-0.39, 0.29) is 5.91 Å². The lowest BCUT2D eigenvalue weighted by molar-refractivity contribution is 0.102. The molecule has 0 radical (unpaired) electrons. The molecule has 1 aromatic carbocycles. The van der Waals surface area contributed by atoms with Crippen molar-refractivity contribution >= 4 is 29.0 Å². The van der Waals surface area contributed by atoms with Crippen LogP contribution in [0.4, 0.5) is 11.5 Å². The molecule has 1 amide bonds. The topological polar surface area (TPSA) is 54.5 Å². The number of hydrogen-bond acceptors (Lipinski definition) is 4. The molecule has 110 valence electrons. The molecular weight excluding hydrogens is 290 g/mol. The predicted octanol–water partition coefficient (Wildman–Crippen LogP) is 3.06. The van der Waals surface area contributed by atoms with E-state index in [9.17, 15) is 4.79 Å². The van der Waals surface area contributed by atoms with E-state index in [4.69, 9.17) is 16.3 Å². The zero-order valence-corrected chi connectivity index (χ0v) is 12.8. The fourth-order valence-electron chi connectivity index (χ4n) is 1.74. The minimum Gasteiger partial charge on any atom is -0.495 e. The number of benzene rings is 1. The Morgan fingerprint density at radius 3 is 2.67 bits per heavy atom. The van der Waals surface area contributed by atoms with Gasteiger partial charge in [0.05, 0.1) is 12.1 Å². The molecule has 2 aromatic rings. The molecule has 1 N–H and O–H groups in total. The number of anilines is 2. The second-order valence-electron chi connectivity index (χ2n) is 4.58. The summed E-state index contributed by atoms with van der Waals surface area (Å²) in [6, 6.07) is 10.3. The van der Waals surface area contributed by atoms with Crippen LogP contribution in [-0.2, 0) is 0 Å². The molecular formula is C15H16ClN3O2. The van der Waals surface area contributed by atoms with Crippen LogP contribution < -0.4 is 15.0 Å². The van der Waals surface area contributed by atoms with Gasteiger partial charge >= 0.3 is 0 Å². The van der Waals surface area contributed by atoms with E-state index in [1.807, 2.05) is 25.1 Å². The molecule has 21 heavy (non-hydrogen) atoms.